The highest BCUT2D eigenvalue weighted by molar-refractivity contribution is 14.0. The Kier molecular flexibility index (Phi) is 12.8. The molecule has 1 aliphatic rings. The molecule has 0 spiro atoms. The molecule has 0 saturated carbocycles. The van der Waals surface area contributed by atoms with Crippen molar-refractivity contribution in [1.29, 1.82) is 0 Å². The van der Waals surface area contributed by atoms with E-state index in [2.05, 4.69) is 58.6 Å². The van der Waals surface area contributed by atoms with Crippen LogP contribution in [0.15, 0.2) is 59.6 Å². The van der Waals surface area contributed by atoms with E-state index >= 15 is 0 Å². The third kappa shape index (κ3) is 10.4. The molecular weight excluding hydrogens is 527 g/mol. The van der Waals surface area contributed by atoms with Crippen molar-refractivity contribution < 1.29 is 9.84 Å². The Balaban J connectivity index is 0.00000385. The Morgan fingerprint density at radius 1 is 1.12 bits per heavy atom. The van der Waals surface area contributed by atoms with E-state index in [0.717, 1.165) is 50.5 Å². The van der Waals surface area contributed by atoms with Crippen molar-refractivity contribution in [2.24, 2.45) is 4.99 Å². The predicted molar refractivity (Wildman–Crippen MR) is 146 cm³/mol. The van der Waals surface area contributed by atoms with Gasteiger partial charge in [-0.1, -0.05) is 60.2 Å². The number of piperidine rings is 1. The number of halogens is 1. The van der Waals surface area contributed by atoms with Crippen molar-refractivity contribution in [2.75, 3.05) is 32.8 Å². The Labute approximate surface area is 215 Å². The summed E-state index contributed by atoms with van der Waals surface area (Å²) in [5, 5.41) is 17.1. The molecule has 0 amide bonds. The van der Waals surface area contributed by atoms with Gasteiger partial charge in [0.05, 0.1) is 25.9 Å². The lowest BCUT2D eigenvalue weighted by Crippen LogP contribution is -2.48. The summed E-state index contributed by atoms with van der Waals surface area (Å²) in [6.45, 7) is 9.24. The van der Waals surface area contributed by atoms with Crippen molar-refractivity contribution >= 4 is 29.9 Å². The largest absolute Gasteiger partial charge is 0.389 e. The first-order valence-corrected chi connectivity index (χ1v) is 11.7. The molecule has 0 aliphatic carbocycles. The fourth-order valence-corrected chi connectivity index (χ4v) is 3.95. The molecule has 2 aromatic rings. The first kappa shape index (κ1) is 27.6. The Morgan fingerprint density at radius 2 is 1.85 bits per heavy atom. The van der Waals surface area contributed by atoms with Crippen LogP contribution in [0, 0.1) is 6.92 Å². The van der Waals surface area contributed by atoms with E-state index in [-0.39, 0.29) is 30.6 Å². The summed E-state index contributed by atoms with van der Waals surface area (Å²) in [6, 6.07) is 19.2. The number of likely N-dealkylation sites (tertiary alicyclic amines) is 1. The van der Waals surface area contributed by atoms with Crippen LogP contribution < -0.4 is 10.6 Å². The number of nitrogens with one attached hydrogen (secondary N) is 2. The van der Waals surface area contributed by atoms with Crippen LogP contribution in [-0.2, 0) is 17.9 Å². The van der Waals surface area contributed by atoms with Gasteiger partial charge in [-0.3, -0.25) is 9.89 Å². The number of aliphatic imine (C=N–C) groups is 1. The first-order valence-electron chi connectivity index (χ1n) is 11.7. The Bertz CT molecular complexity index is 826. The van der Waals surface area contributed by atoms with Gasteiger partial charge in [-0.2, -0.15) is 0 Å². The van der Waals surface area contributed by atoms with Gasteiger partial charge >= 0.3 is 0 Å². The number of guanidine groups is 1. The number of benzene rings is 2. The van der Waals surface area contributed by atoms with Gasteiger partial charge in [0.15, 0.2) is 5.96 Å². The van der Waals surface area contributed by atoms with E-state index in [1.54, 1.807) is 0 Å². The minimum atomic E-state index is -0.620. The number of aliphatic hydroxyl groups excluding tert-OH is 1. The van der Waals surface area contributed by atoms with Crippen LogP contribution in [0.1, 0.15) is 36.5 Å². The SMILES string of the molecule is CCNC(=NCC(O)COCc1ccccc1)NC1CCN(Cc2cccc(C)c2)CC1.I. The molecule has 0 aromatic heterocycles. The maximum Gasteiger partial charge on any atom is 0.191 e. The molecule has 3 rings (SSSR count). The number of ether oxygens (including phenoxy) is 1. The molecule has 1 aliphatic heterocycles. The summed E-state index contributed by atoms with van der Waals surface area (Å²) in [6.07, 6.45) is 1.54. The number of hydrogen-bond donors (Lipinski definition) is 3. The van der Waals surface area contributed by atoms with E-state index in [4.69, 9.17) is 4.74 Å². The topological polar surface area (TPSA) is 69.1 Å². The second-order valence-corrected chi connectivity index (χ2v) is 8.56. The lowest BCUT2D eigenvalue weighted by atomic mass is 10.0. The van der Waals surface area contributed by atoms with E-state index < -0.39 is 6.10 Å². The zero-order valence-corrected chi connectivity index (χ0v) is 22.2. The summed E-state index contributed by atoms with van der Waals surface area (Å²) in [5.74, 6) is 0.770. The molecule has 6 nitrogen and oxygen atoms in total. The van der Waals surface area contributed by atoms with Gasteiger partial charge in [0.25, 0.3) is 0 Å². The van der Waals surface area contributed by atoms with Gasteiger partial charge in [-0.05, 0) is 37.8 Å². The molecule has 0 bridgehead atoms. The van der Waals surface area contributed by atoms with Crippen LogP contribution in [0.4, 0.5) is 0 Å². The smallest absolute Gasteiger partial charge is 0.191 e. The van der Waals surface area contributed by atoms with Crippen LogP contribution in [0.25, 0.3) is 0 Å². The van der Waals surface area contributed by atoms with Crippen molar-refractivity contribution in [3.8, 4) is 0 Å². The zero-order chi connectivity index (χ0) is 22.6. The van der Waals surface area contributed by atoms with Crippen molar-refractivity contribution in [2.45, 2.75) is 52.0 Å². The van der Waals surface area contributed by atoms with Gasteiger partial charge in [0.1, 0.15) is 0 Å². The second kappa shape index (κ2) is 15.3. The molecule has 7 heteroatoms. The van der Waals surface area contributed by atoms with Crippen LogP contribution in [0.5, 0.6) is 0 Å². The molecular formula is C26H39IN4O2. The lowest BCUT2D eigenvalue weighted by Gasteiger charge is -2.33. The van der Waals surface area contributed by atoms with Crippen molar-refractivity contribution in [3.05, 3.63) is 71.3 Å². The van der Waals surface area contributed by atoms with E-state index in [9.17, 15) is 5.11 Å². The van der Waals surface area contributed by atoms with E-state index in [1.807, 2.05) is 30.3 Å². The van der Waals surface area contributed by atoms with Gasteiger partial charge in [-0.15, -0.1) is 24.0 Å². The number of aryl methyl sites for hydroxylation is 1. The van der Waals surface area contributed by atoms with E-state index in [0.29, 0.717) is 19.2 Å². The summed E-state index contributed by atoms with van der Waals surface area (Å²) in [5.41, 5.74) is 3.81. The quantitative estimate of drug-likeness (QED) is 0.233. The molecule has 1 unspecified atom stereocenters. The lowest BCUT2D eigenvalue weighted by molar-refractivity contribution is 0.0331. The number of rotatable bonds is 10. The molecule has 2 aromatic carbocycles. The average Bonchev–Trinajstić information content (AvgIpc) is 2.80. The maximum absolute atomic E-state index is 10.3. The van der Waals surface area contributed by atoms with Gasteiger partial charge < -0.3 is 20.5 Å². The summed E-state index contributed by atoms with van der Waals surface area (Å²) >= 11 is 0. The standard InChI is InChI=1S/C26H38N4O2.HI/c1-3-27-26(28-17-25(31)20-32-19-22-9-5-4-6-10-22)29-24-12-14-30(15-13-24)18-23-11-7-8-21(2)16-23;/h4-11,16,24-25,31H,3,12-15,17-20H2,1-2H3,(H2,27,28,29);1H. The summed E-state index contributed by atoms with van der Waals surface area (Å²) in [4.78, 5) is 7.10. The molecule has 1 heterocycles. The summed E-state index contributed by atoms with van der Waals surface area (Å²) in [7, 11) is 0. The third-order valence-electron chi connectivity index (χ3n) is 5.64. The molecule has 1 atom stereocenters. The second-order valence-electron chi connectivity index (χ2n) is 8.56. The monoisotopic (exact) mass is 566 g/mol. The normalized spacial score (nSPS) is 16.2. The number of nitrogens with zero attached hydrogens (tertiary/aromatic N) is 2. The van der Waals surface area contributed by atoms with Crippen molar-refractivity contribution in [3.63, 3.8) is 0 Å². The Morgan fingerprint density at radius 3 is 2.55 bits per heavy atom. The highest BCUT2D eigenvalue weighted by Gasteiger charge is 2.20. The highest BCUT2D eigenvalue weighted by atomic mass is 127. The van der Waals surface area contributed by atoms with E-state index in [1.165, 1.54) is 11.1 Å². The molecule has 1 fully saturated rings. The first-order chi connectivity index (χ1) is 15.6. The highest BCUT2D eigenvalue weighted by Crippen LogP contribution is 2.14. The average molecular weight is 567 g/mol. The minimum Gasteiger partial charge on any atom is -0.389 e. The fourth-order valence-electron chi connectivity index (χ4n) is 3.95. The third-order valence-corrected chi connectivity index (χ3v) is 5.64. The predicted octanol–water partition coefficient (Wildman–Crippen LogP) is 3.71. The van der Waals surface area contributed by atoms with Crippen molar-refractivity contribution in [1.82, 2.24) is 15.5 Å². The van der Waals surface area contributed by atoms with Crippen LogP contribution >= 0.6 is 24.0 Å². The zero-order valence-electron chi connectivity index (χ0n) is 19.9. The maximum atomic E-state index is 10.3. The Hall–Kier alpha value is -1.68. The molecule has 33 heavy (non-hydrogen) atoms. The van der Waals surface area contributed by atoms with Crippen LogP contribution in [0.3, 0.4) is 0 Å². The van der Waals surface area contributed by atoms with Gasteiger partial charge in [-0.25, -0.2) is 0 Å². The van der Waals surface area contributed by atoms with Gasteiger partial charge in [0.2, 0.25) is 0 Å². The number of aliphatic hydroxyl groups is 1. The minimum absolute atomic E-state index is 0. The fraction of sp³-hybridized carbons (Fsp3) is 0.500. The molecule has 3 N–H and O–H groups in total. The van der Waals surface area contributed by atoms with Gasteiger partial charge in [0, 0.05) is 32.2 Å². The van der Waals surface area contributed by atoms with Crippen LogP contribution in [-0.4, -0.2) is 60.9 Å². The molecule has 1 saturated heterocycles. The molecule has 182 valence electrons. The van der Waals surface area contributed by atoms with Crippen LogP contribution in [0.2, 0.25) is 0 Å². The summed E-state index contributed by atoms with van der Waals surface area (Å²) < 4.78 is 5.63. The number of hydrogen-bond acceptors (Lipinski definition) is 4. The molecule has 0 radical (unpaired) electrons.